The molecule has 1 amide bonds. The van der Waals surface area contributed by atoms with Gasteiger partial charge in [0.05, 0.1) is 5.69 Å². The van der Waals surface area contributed by atoms with Gasteiger partial charge in [0.2, 0.25) is 5.95 Å². The van der Waals surface area contributed by atoms with E-state index in [1.807, 2.05) is 0 Å². The quantitative estimate of drug-likeness (QED) is 0.824. The van der Waals surface area contributed by atoms with Crippen LogP contribution in [0.5, 0.6) is 0 Å². The second-order valence-corrected chi connectivity index (χ2v) is 3.99. The summed E-state index contributed by atoms with van der Waals surface area (Å²) in [6.07, 6.45) is 1.46. The van der Waals surface area contributed by atoms with E-state index >= 15 is 0 Å². The predicted molar refractivity (Wildman–Crippen MR) is 59.6 cm³/mol. The summed E-state index contributed by atoms with van der Waals surface area (Å²) in [5.74, 6) is -0.180. The summed E-state index contributed by atoms with van der Waals surface area (Å²) in [6.45, 7) is 1.71. The maximum Gasteiger partial charge on any atom is 0.271 e. The molecule has 0 fully saturated rings. The second-order valence-electron chi connectivity index (χ2n) is 2.84. The molecule has 0 atom stereocenters. The molecule has 0 aliphatic heterocycles. The number of amides is 1. The maximum atomic E-state index is 11.7. The minimum Gasteiger partial charge on any atom is -0.290 e. The van der Waals surface area contributed by atoms with E-state index in [2.05, 4.69) is 24.9 Å². The van der Waals surface area contributed by atoms with Crippen molar-refractivity contribution in [2.45, 2.75) is 6.92 Å². The van der Waals surface area contributed by atoms with Gasteiger partial charge in [0.1, 0.15) is 10.0 Å². The van der Waals surface area contributed by atoms with Crippen molar-refractivity contribution < 1.29 is 4.79 Å². The van der Waals surface area contributed by atoms with E-state index in [9.17, 15) is 4.79 Å². The monoisotopic (exact) mass is 255 g/mol. The largest absolute Gasteiger partial charge is 0.290 e. The molecule has 0 aliphatic carbocycles. The summed E-state index contributed by atoms with van der Waals surface area (Å²) in [7, 11) is 0. The van der Waals surface area contributed by atoms with Gasteiger partial charge in [-0.15, -0.1) is 5.10 Å². The van der Waals surface area contributed by atoms with Gasteiger partial charge in [-0.1, -0.05) is 16.1 Å². The first-order chi connectivity index (χ1) is 7.66. The van der Waals surface area contributed by atoms with E-state index in [1.165, 1.54) is 12.3 Å². The van der Waals surface area contributed by atoms with Crippen LogP contribution in [-0.2, 0) is 0 Å². The van der Waals surface area contributed by atoms with Gasteiger partial charge in [0, 0.05) is 6.20 Å². The number of carbonyl (C=O) groups excluding carboxylic acids is 1. The third kappa shape index (κ3) is 2.31. The van der Waals surface area contributed by atoms with Crippen molar-refractivity contribution in [2.24, 2.45) is 0 Å². The lowest BCUT2D eigenvalue weighted by atomic mass is 10.4. The first-order valence-corrected chi connectivity index (χ1v) is 5.41. The SMILES string of the molecule is Cc1nnsc1C(=O)Nc1nccc(Cl)n1. The molecule has 1 N–H and O–H groups in total. The number of aryl methyl sites for hydroxylation is 1. The zero-order valence-electron chi connectivity index (χ0n) is 8.14. The molecule has 0 saturated carbocycles. The fourth-order valence-electron chi connectivity index (χ4n) is 0.995. The Bertz CT molecular complexity index is 529. The van der Waals surface area contributed by atoms with Crippen molar-refractivity contribution >= 4 is 35.0 Å². The number of hydrogen-bond donors (Lipinski definition) is 1. The Balaban J connectivity index is 2.17. The van der Waals surface area contributed by atoms with Gasteiger partial charge in [-0.3, -0.25) is 10.1 Å². The average molecular weight is 256 g/mol. The standard InChI is InChI=1S/C8H6ClN5OS/c1-4-6(16-14-13-4)7(15)12-8-10-3-2-5(9)11-8/h2-3H,1H3,(H,10,11,12,15). The molecule has 2 aromatic heterocycles. The molecule has 8 heteroatoms. The van der Waals surface area contributed by atoms with E-state index in [-0.39, 0.29) is 17.0 Å². The van der Waals surface area contributed by atoms with Crippen LogP contribution in [0.25, 0.3) is 0 Å². The summed E-state index contributed by atoms with van der Waals surface area (Å²) >= 11 is 6.68. The third-order valence-electron chi connectivity index (χ3n) is 1.70. The van der Waals surface area contributed by atoms with E-state index < -0.39 is 0 Å². The second kappa shape index (κ2) is 4.50. The van der Waals surface area contributed by atoms with Crippen molar-refractivity contribution in [1.82, 2.24) is 19.6 Å². The molecule has 0 aliphatic rings. The van der Waals surface area contributed by atoms with Crippen molar-refractivity contribution in [3.05, 3.63) is 28.0 Å². The molecule has 2 heterocycles. The Morgan fingerprint density at radius 2 is 2.38 bits per heavy atom. The molecule has 0 saturated heterocycles. The van der Waals surface area contributed by atoms with Crippen LogP contribution in [0.3, 0.4) is 0 Å². The highest BCUT2D eigenvalue weighted by Crippen LogP contribution is 2.12. The van der Waals surface area contributed by atoms with Crippen LogP contribution in [0.2, 0.25) is 5.15 Å². The van der Waals surface area contributed by atoms with E-state index in [0.29, 0.717) is 10.6 Å². The summed E-state index contributed by atoms with van der Waals surface area (Å²) in [5, 5.41) is 6.52. The van der Waals surface area contributed by atoms with Gasteiger partial charge < -0.3 is 0 Å². The Morgan fingerprint density at radius 3 is 3.00 bits per heavy atom. The van der Waals surface area contributed by atoms with Crippen molar-refractivity contribution in [3.63, 3.8) is 0 Å². The number of aromatic nitrogens is 4. The van der Waals surface area contributed by atoms with Crippen molar-refractivity contribution in [3.8, 4) is 0 Å². The molecule has 0 bridgehead atoms. The Hall–Kier alpha value is -1.60. The number of rotatable bonds is 2. The highest BCUT2D eigenvalue weighted by atomic mass is 35.5. The fraction of sp³-hybridized carbons (Fsp3) is 0.125. The topological polar surface area (TPSA) is 80.7 Å². The minimum absolute atomic E-state index is 0.158. The molecule has 0 aromatic carbocycles. The van der Waals surface area contributed by atoms with Crippen LogP contribution in [0, 0.1) is 6.92 Å². The molecule has 0 radical (unpaired) electrons. The molecule has 2 rings (SSSR count). The summed E-state index contributed by atoms with van der Waals surface area (Å²) < 4.78 is 3.67. The van der Waals surface area contributed by atoms with Crippen LogP contribution < -0.4 is 5.32 Å². The van der Waals surface area contributed by atoms with Gasteiger partial charge >= 0.3 is 0 Å². The van der Waals surface area contributed by atoms with Gasteiger partial charge in [0.15, 0.2) is 0 Å². The van der Waals surface area contributed by atoms with Crippen molar-refractivity contribution in [2.75, 3.05) is 5.32 Å². The lowest BCUT2D eigenvalue weighted by Gasteiger charge is -2.01. The lowest BCUT2D eigenvalue weighted by molar-refractivity contribution is 0.102. The summed E-state index contributed by atoms with van der Waals surface area (Å²) in [5.41, 5.74) is 0.574. The molecule has 6 nitrogen and oxygen atoms in total. The number of hydrogen-bond acceptors (Lipinski definition) is 6. The van der Waals surface area contributed by atoms with E-state index in [1.54, 1.807) is 6.92 Å². The van der Waals surface area contributed by atoms with Gasteiger partial charge in [-0.2, -0.15) is 0 Å². The highest BCUT2D eigenvalue weighted by Gasteiger charge is 2.14. The molecular formula is C8H6ClN5OS. The normalized spacial score (nSPS) is 10.1. The third-order valence-corrected chi connectivity index (χ3v) is 2.74. The molecule has 2 aromatic rings. The van der Waals surface area contributed by atoms with Crippen LogP contribution in [-0.4, -0.2) is 25.5 Å². The molecule has 82 valence electrons. The predicted octanol–water partition coefficient (Wildman–Crippen LogP) is 1.54. The Kier molecular flexibility index (Phi) is 3.07. The van der Waals surface area contributed by atoms with E-state index in [4.69, 9.17) is 11.6 Å². The number of carbonyl (C=O) groups is 1. The first kappa shape index (κ1) is 10.9. The maximum absolute atomic E-state index is 11.7. The van der Waals surface area contributed by atoms with Crippen LogP contribution in [0.15, 0.2) is 12.3 Å². The number of nitrogens with one attached hydrogen (secondary N) is 1. The summed E-state index contributed by atoms with van der Waals surface area (Å²) in [4.78, 5) is 19.8. The number of anilines is 1. The Morgan fingerprint density at radius 1 is 1.56 bits per heavy atom. The van der Waals surface area contributed by atoms with Crippen LogP contribution >= 0.6 is 23.1 Å². The average Bonchev–Trinajstić information content (AvgIpc) is 2.64. The van der Waals surface area contributed by atoms with Gasteiger partial charge in [-0.25, -0.2) is 9.97 Å². The molecule has 16 heavy (non-hydrogen) atoms. The van der Waals surface area contributed by atoms with E-state index in [0.717, 1.165) is 11.5 Å². The smallest absolute Gasteiger partial charge is 0.271 e. The van der Waals surface area contributed by atoms with Crippen LogP contribution in [0.4, 0.5) is 5.95 Å². The molecule has 0 spiro atoms. The highest BCUT2D eigenvalue weighted by molar-refractivity contribution is 7.08. The van der Waals surface area contributed by atoms with Crippen molar-refractivity contribution in [1.29, 1.82) is 0 Å². The first-order valence-electron chi connectivity index (χ1n) is 4.25. The number of nitrogens with zero attached hydrogens (tertiary/aromatic N) is 4. The van der Waals surface area contributed by atoms with Crippen LogP contribution in [0.1, 0.15) is 15.4 Å². The lowest BCUT2D eigenvalue weighted by Crippen LogP contribution is -2.13. The molecule has 0 unspecified atom stereocenters. The minimum atomic E-state index is -0.338. The summed E-state index contributed by atoms with van der Waals surface area (Å²) in [6, 6.07) is 1.52. The zero-order valence-corrected chi connectivity index (χ0v) is 9.71. The number of halogens is 1. The van der Waals surface area contributed by atoms with Gasteiger partial charge in [0.25, 0.3) is 5.91 Å². The Labute approximate surface area is 99.9 Å². The fourth-order valence-corrected chi connectivity index (χ4v) is 1.68. The van der Waals surface area contributed by atoms with Gasteiger partial charge in [-0.05, 0) is 24.5 Å². The molecular weight excluding hydrogens is 250 g/mol. The zero-order chi connectivity index (χ0) is 11.5.